The Morgan fingerprint density at radius 1 is 1.35 bits per heavy atom. The zero-order valence-corrected chi connectivity index (χ0v) is 16.3. The maximum atomic E-state index is 13.0. The quantitative estimate of drug-likeness (QED) is 0.861. The Morgan fingerprint density at radius 3 is 2.88 bits per heavy atom. The highest BCUT2D eigenvalue weighted by molar-refractivity contribution is 5.85. The summed E-state index contributed by atoms with van der Waals surface area (Å²) in [7, 11) is 1.63. The second-order valence-electron chi connectivity index (χ2n) is 6.84. The molecule has 1 N–H and O–H groups in total. The van der Waals surface area contributed by atoms with Gasteiger partial charge in [-0.25, -0.2) is 0 Å². The molecule has 2 amide bonds. The second kappa shape index (κ2) is 9.24. The molecule has 2 saturated heterocycles. The van der Waals surface area contributed by atoms with Crippen LogP contribution >= 0.6 is 12.4 Å². The fourth-order valence-electron chi connectivity index (χ4n) is 3.74. The number of benzene rings is 1. The molecule has 0 saturated carbocycles. The fourth-order valence-corrected chi connectivity index (χ4v) is 3.74. The van der Waals surface area contributed by atoms with Crippen LogP contribution in [0, 0.1) is 0 Å². The van der Waals surface area contributed by atoms with Crippen molar-refractivity contribution < 1.29 is 14.3 Å². The van der Waals surface area contributed by atoms with Crippen molar-refractivity contribution in [1.29, 1.82) is 0 Å². The van der Waals surface area contributed by atoms with Gasteiger partial charge in [0.1, 0.15) is 5.75 Å². The van der Waals surface area contributed by atoms with Crippen LogP contribution in [0.15, 0.2) is 24.3 Å². The van der Waals surface area contributed by atoms with Crippen molar-refractivity contribution in [3.05, 3.63) is 29.8 Å². The van der Waals surface area contributed by atoms with E-state index in [4.69, 9.17) is 4.74 Å². The van der Waals surface area contributed by atoms with Gasteiger partial charge in [0.2, 0.25) is 11.8 Å². The first-order valence-corrected chi connectivity index (χ1v) is 9.03. The van der Waals surface area contributed by atoms with E-state index in [0.717, 1.165) is 43.8 Å². The first kappa shape index (κ1) is 20.5. The Morgan fingerprint density at radius 2 is 2.15 bits per heavy atom. The van der Waals surface area contributed by atoms with E-state index in [1.54, 1.807) is 7.11 Å². The van der Waals surface area contributed by atoms with Gasteiger partial charge in [0.15, 0.2) is 0 Å². The van der Waals surface area contributed by atoms with Crippen LogP contribution in [0.1, 0.15) is 31.2 Å². The second-order valence-corrected chi connectivity index (χ2v) is 6.84. The number of methoxy groups -OCH3 is 1. The summed E-state index contributed by atoms with van der Waals surface area (Å²) in [5.41, 5.74) is 0.963. The minimum atomic E-state index is -0.215. The number of piperazine rings is 1. The predicted octanol–water partition coefficient (Wildman–Crippen LogP) is 1.64. The number of carbonyl (C=O) groups excluding carboxylic acids is 2. The van der Waals surface area contributed by atoms with Crippen LogP contribution in [0.5, 0.6) is 5.75 Å². The van der Waals surface area contributed by atoms with Gasteiger partial charge >= 0.3 is 0 Å². The van der Waals surface area contributed by atoms with Gasteiger partial charge in [-0.15, -0.1) is 12.4 Å². The van der Waals surface area contributed by atoms with Gasteiger partial charge in [-0.05, 0) is 37.5 Å². The molecule has 0 spiro atoms. The highest BCUT2D eigenvalue weighted by Crippen LogP contribution is 2.25. The molecule has 2 fully saturated rings. The van der Waals surface area contributed by atoms with E-state index < -0.39 is 0 Å². The van der Waals surface area contributed by atoms with Gasteiger partial charge < -0.3 is 19.9 Å². The smallest absolute Gasteiger partial charge is 0.236 e. The molecule has 3 rings (SSSR count). The Labute approximate surface area is 161 Å². The Balaban J connectivity index is 0.00000243. The van der Waals surface area contributed by atoms with Gasteiger partial charge in [-0.3, -0.25) is 9.59 Å². The van der Waals surface area contributed by atoms with Crippen molar-refractivity contribution in [1.82, 2.24) is 15.1 Å². The molecule has 1 aromatic carbocycles. The molecule has 0 radical (unpaired) electrons. The van der Waals surface area contributed by atoms with E-state index in [9.17, 15) is 9.59 Å². The lowest BCUT2D eigenvalue weighted by molar-refractivity contribution is -0.141. The topological polar surface area (TPSA) is 61.9 Å². The number of carbonyl (C=O) groups is 2. The molecular formula is C19H28ClN3O3. The van der Waals surface area contributed by atoms with Gasteiger partial charge in [0.25, 0.3) is 0 Å². The lowest BCUT2D eigenvalue weighted by Crippen LogP contribution is -2.57. The van der Waals surface area contributed by atoms with Gasteiger partial charge in [-0.2, -0.15) is 0 Å². The third-order valence-corrected chi connectivity index (χ3v) is 5.24. The molecule has 2 aliphatic heterocycles. The van der Waals surface area contributed by atoms with Crippen LogP contribution in [0.4, 0.5) is 0 Å². The molecule has 0 aromatic heterocycles. The molecule has 2 unspecified atom stereocenters. The number of piperidine rings is 1. The van der Waals surface area contributed by atoms with Crippen molar-refractivity contribution in [2.24, 2.45) is 0 Å². The highest BCUT2D eigenvalue weighted by atomic mass is 35.5. The van der Waals surface area contributed by atoms with Crippen LogP contribution in [-0.2, 0) is 9.59 Å². The molecule has 2 atom stereocenters. The number of nitrogens with zero attached hydrogens (tertiary/aromatic N) is 2. The maximum Gasteiger partial charge on any atom is 0.236 e. The maximum absolute atomic E-state index is 13.0. The van der Waals surface area contributed by atoms with Gasteiger partial charge in [0, 0.05) is 32.2 Å². The lowest BCUT2D eigenvalue weighted by Gasteiger charge is -2.41. The third kappa shape index (κ3) is 4.48. The molecule has 1 aromatic rings. The fraction of sp³-hybridized carbons (Fsp3) is 0.579. The van der Waals surface area contributed by atoms with E-state index in [0.29, 0.717) is 13.1 Å². The Hall–Kier alpha value is -1.79. The van der Waals surface area contributed by atoms with Crippen molar-refractivity contribution in [2.75, 3.05) is 39.8 Å². The van der Waals surface area contributed by atoms with Gasteiger partial charge in [0.05, 0.1) is 19.6 Å². The zero-order valence-electron chi connectivity index (χ0n) is 15.4. The molecule has 144 valence electrons. The zero-order chi connectivity index (χ0) is 17.8. The average molecular weight is 382 g/mol. The number of hydrogen-bond donors (Lipinski definition) is 1. The summed E-state index contributed by atoms with van der Waals surface area (Å²) in [4.78, 5) is 29.0. The molecular weight excluding hydrogens is 354 g/mol. The van der Waals surface area contributed by atoms with Crippen LogP contribution in [-0.4, -0.2) is 67.5 Å². The number of halogens is 1. The summed E-state index contributed by atoms with van der Waals surface area (Å²) in [6.45, 7) is 5.32. The van der Waals surface area contributed by atoms with E-state index in [1.807, 2.05) is 41.0 Å². The average Bonchev–Trinajstić information content (AvgIpc) is 2.67. The minimum absolute atomic E-state index is 0. The third-order valence-electron chi connectivity index (χ3n) is 5.24. The summed E-state index contributed by atoms with van der Waals surface area (Å²) in [5.74, 6) is 0.819. The molecule has 0 aliphatic carbocycles. The van der Waals surface area contributed by atoms with Crippen LogP contribution in [0.2, 0.25) is 0 Å². The Kier molecular flexibility index (Phi) is 7.29. The standard InChI is InChI=1S/C19H27N3O3.ClH/c1-14(15-5-3-7-17(11-15)25-2)19(24)21-9-4-6-16(13-21)22-10-8-20-12-18(22)23;/h3,5,7,11,14,16,20H,4,6,8-10,12-13H2,1-2H3;1H. The predicted molar refractivity (Wildman–Crippen MR) is 103 cm³/mol. The number of ether oxygens (including phenoxy) is 1. The van der Waals surface area contributed by atoms with E-state index in [2.05, 4.69) is 5.32 Å². The monoisotopic (exact) mass is 381 g/mol. The summed E-state index contributed by atoms with van der Waals surface area (Å²) < 4.78 is 5.26. The summed E-state index contributed by atoms with van der Waals surface area (Å²) in [5, 5.41) is 3.10. The minimum Gasteiger partial charge on any atom is -0.497 e. The van der Waals surface area contributed by atoms with Crippen molar-refractivity contribution in [3.63, 3.8) is 0 Å². The Bertz CT molecular complexity index is 640. The molecule has 6 nitrogen and oxygen atoms in total. The van der Waals surface area contributed by atoms with Crippen LogP contribution < -0.4 is 10.1 Å². The number of amides is 2. The highest BCUT2D eigenvalue weighted by Gasteiger charge is 2.33. The van der Waals surface area contributed by atoms with Crippen LogP contribution in [0.3, 0.4) is 0 Å². The summed E-state index contributed by atoms with van der Waals surface area (Å²) in [6.07, 6.45) is 1.92. The number of nitrogens with one attached hydrogen (secondary N) is 1. The first-order valence-electron chi connectivity index (χ1n) is 9.03. The largest absolute Gasteiger partial charge is 0.497 e. The lowest BCUT2D eigenvalue weighted by atomic mass is 9.96. The summed E-state index contributed by atoms with van der Waals surface area (Å²) in [6, 6.07) is 7.82. The molecule has 2 aliphatic rings. The molecule has 2 heterocycles. The molecule has 0 bridgehead atoms. The number of likely N-dealkylation sites (tertiary alicyclic amines) is 1. The van der Waals surface area contributed by atoms with Crippen molar-refractivity contribution in [2.45, 2.75) is 31.7 Å². The van der Waals surface area contributed by atoms with E-state index in [1.165, 1.54) is 0 Å². The molecule has 26 heavy (non-hydrogen) atoms. The van der Waals surface area contributed by atoms with E-state index >= 15 is 0 Å². The molecule has 7 heteroatoms. The van der Waals surface area contributed by atoms with Crippen LogP contribution in [0.25, 0.3) is 0 Å². The van der Waals surface area contributed by atoms with Crippen molar-refractivity contribution >= 4 is 24.2 Å². The first-order chi connectivity index (χ1) is 12.1. The summed E-state index contributed by atoms with van der Waals surface area (Å²) >= 11 is 0. The number of rotatable bonds is 4. The van der Waals surface area contributed by atoms with Crippen molar-refractivity contribution in [3.8, 4) is 5.75 Å². The normalized spacial score (nSPS) is 21.8. The van der Waals surface area contributed by atoms with Gasteiger partial charge in [-0.1, -0.05) is 12.1 Å². The number of hydrogen-bond acceptors (Lipinski definition) is 4. The van der Waals surface area contributed by atoms with E-state index in [-0.39, 0.29) is 36.2 Å². The SMILES string of the molecule is COc1cccc(C(C)C(=O)N2CCCC(N3CCNCC3=O)C2)c1.Cl.